The molecule has 2 aliphatic rings. The highest BCUT2D eigenvalue weighted by atomic mass is 79.9. The van der Waals surface area contributed by atoms with Crippen LogP contribution < -0.4 is 10.9 Å². The topological polar surface area (TPSA) is 59.8 Å². The van der Waals surface area contributed by atoms with E-state index in [2.05, 4.69) is 26.2 Å². The van der Waals surface area contributed by atoms with Crippen molar-refractivity contribution in [3.63, 3.8) is 0 Å². The normalized spacial score (nSPS) is 19.4. The molecule has 0 spiro atoms. The van der Waals surface area contributed by atoms with Gasteiger partial charge >= 0.3 is 0 Å². The van der Waals surface area contributed by atoms with E-state index in [1.54, 1.807) is 0 Å². The standard InChI is InChI=1S/C18H23BrN4O/c1-11-14-10-20-18(21-12-6-2-3-7-12)22-16(14)23(17(24)15(11)19)13-8-4-5-9-13/h10,12-13H,2-9H2,1H3,(H,20,21,22). The summed E-state index contributed by atoms with van der Waals surface area (Å²) in [5, 5.41) is 4.42. The number of aromatic nitrogens is 3. The molecule has 2 heterocycles. The predicted octanol–water partition coefficient (Wildman–Crippen LogP) is 4.33. The van der Waals surface area contributed by atoms with Crippen LogP contribution in [0.1, 0.15) is 63.0 Å². The van der Waals surface area contributed by atoms with Crippen molar-refractivity contribution in [1.82, 2.24) is 14.5 Å². The monoisotopic (exact) mass is 390 g/mol. The molecule has 2 aliphatic carbocycles. The second-order valence-electron chi connectivity index (χ2n) is 7.11. The summed E-state index contributed by atoms with van der Waals surface area (Å²) in [6.07, 6.45) is 11.2. The van der Waals surface area contributed by atoms with Crippen molar-refractivity contribution in [3.8, 4) is 0 Å². The van der Waals surface area contributed by atoms with Crippen molar-refractivity contribution in [2.75, 3.05) is 5.32 Å². The lowest BCUT2D eigenvalue weighted by atomic mass is 10.1. The highest BCUT2D eigenvalue weighted by Crippen LogP contribution is 2.32. The second-order valence-corrected chi connectivity index (χ2v) is 7.90. The molecule has 2 fully saturated rings. The first-order chi connectivity index (χ1) is 11.6. The summed E-state index contributed by atoms with van der Waals surface area (Å²) >= 11 is 3.48. The van der Waals surface area contributed by atoms with Crippen LogP contribution in [0.25, 0.3) is 11.0 Å². The molecule has 0 atom stereocenters. The van der Waals surface area contributed by atoms with Crippen molar-refractivity contribution >= 4 is 32.9 Å². The van der Waals surface area contributed by atoms with Crippen molar-refractivity contribution in [2.24, 2.45) is 0 Å². The van der Waals surface area contributed by atoms with Gasteiger partial charge in [-0.2, -0.15) is 4.98 Å². The Morgan fingerprint density at radius 2 is 1.83 bits per heavy atom. The minimum Gasteiger partial charge on any atom is -0.351 e. The number of hydrogen-bond acceptors (Lipinski definition) is 4. The summed E-state index contributed by atoms with van der Waals surface area (Å²) in [6, 6.07) is 0.719. The van der Waals surface area contributed by atoms with Gasteiger partial charge in [-0.25, -0.2) is 4.98 Å². The quantitative estimate of drug-likeness (QED) is 0.846. The molecule has 0 radical (unpaired) electrons. The molecule has 24 heavy (non-hydrogen) atoms. The Labute approximate surface area is 150 Å². The molecule has 0 aromatic carbocycles. The summed E-state index contributed by atoms with van der Waals surface area (Å²) in [6.45, 7) is 1.96. The summed E-state index contributed by atoms with van der Waals surface area (Å²) in [7, 11) is 0. The van der Waals surface area contributed by atoms with Gasteiger partial charge in [0.1, 0.15) is 5.65 Å². The van der Waals surface area contributed by atoms with Crippen LogP contribution in [0.4, 0.5) is 5.95 Å². The number of pyridine rings is 1. The third-order valence-electron chi connectivity index (χ3n) is 5.51. The maximum atomic E-state index is 12.9. The van der Waals surface area contributed by atoms with Crippen LogP contribution in [-0.4, -0.2) is 20.6 Å². The first kappa shape index (κ1) is 16.1. The number of nitrogens with zero attached hydrogens (tertiary/aromatic N) is 3. The van der Waals surface area contributed by atoms with Gasteiger partial charge in [-0.15, -0.1) is 0 Å². The number of hydrogen-bond donors (Lipinski definition) is 1. The summed E-state index contributed by atoms with van der Waals surface area (Å²) in [4.78, 5) is 22.2. The minimum absolute atomic E-state index is 0.0393. The highest BCUT2D eigenvalue weighted by molar-refractivity contribution is 9.10. The lowest BCUT2D eigenvalue weighted by Crippen LogP contribution is -2.27. The SMILES string of the molecule is Cc1c(Br)c(=O)n(C2CCCC2)c2nc(NC3CCCC3)ncc12. The minimum atomic E-state index is 0.0393. The molecule has 4 rings (SSSR count). The maximum absolute atomic E-state index is 12.9. The van der Waals surface area contributed by atoms with Gasteiger partial charge in [0.05, 0.1) is 4.47 Å². The molecule has 2 aromatic rings. The van der Waals surface area contributed by atoms with Crippen LogP contribution in [0.5, 0.6) is 0 Å². The molecule has 0 aliphatic heterocycles. The average molecular weight is 391 g/mol. The number of anilines is 1. The van der Waals surface area contributed by atoms with E-state index >= 15 is 0 Å². The van der Waals surface area contributed by atoms with E-state index in [4.69, 9.17) is 4.98 Å². The molecule has 2 aromatic heterocycles. The Balaban J connectivity index is 1.84. The van der Waals surface area contributed by atoms with E-state index in [-0.39, 0.29) is 11.6 Å². The number of fused-ring (bicyclic) bond motifs is 1. The first-order valence-corrected chi connectivity index (χ1v) is 9.78. The number of aryl methyl sites for hydroxylation is 1. The summed E-state index contributed by atoms with van der Waals surface area (Å²) in [5.74, 6) is 0.655. The lowest BCUT2D eigenvalue weighted by Gasteiger charge is -2.19. The Morgan fingerprint density at radius 1 is 1.17 bits per heavy atom. The van der Waals surface area contributed by atoms with Crippen molar-refractivity contribution in [2.45, 2.75) is 70.4 Å². The van der Waals surface area contributed by atoms with Gasteiger partial charge in [0.2, 0.25) is 5.95 Å². The van der Waals surface area contributed by atoms with Gasteiger partial charge in [-0.3, -0.25) is 9.36 Å². The van der Waals surface area contributed by atoms with Crippen LogP contribution >= 0.6 is 15.9 Å². The Morgan fingerprint density at radius 3 is 2.54 bits per heavy atom. The lowest BCUT2D eigenvalue weighted by molar-refractivity contribution is 0.514. The molecule has 2 saturated carbocycles. The maximum Gasteiger partial charge on any atom is 0.267 e. The molecule has 5 nitrogen and oxygen atoms in total. The Hall–Kier alpha value is -1.43. The summed E-state index contributed by atoms with van der Waals surface area (Å²) in [5.41, 5.74) is 1.75. The van der Waals surface area contributed by atoms with E-state index in [1.165, 1.54) is 38.5 Å². The Bertz CT molecular complexity index is 820. The largest absolute Gasteiger partial charge is 0.351 e. The van der Waals surface area contributed by atoms with E-state index < -0.39 is 0 Å². The van der Waals surface area contributed by atoms with E-state index in [9.17, 15) is 4.79 Å². The third kappa shape index (κ3) is 2.75. The number of nitrogens with one attached hydrogen (secondary N) is 1. The molecule has 1 N–H and O–H groups in total. The fourth-order valence-corrected chi connectivity index (χ4v) is 4.53. The fourth-order valence-electron chi connectivity index (χ4n) is 4.13. The number of halogens is 1. The van der Waals surface area contributed by atoms with Crippen LogP contribution in [0.3, 0.4) is 0 Å². The molecule has 128 valence electrons. The van der Waals surface area contributed by atoms with E-state index in [0.29, 0.717) is 16.5 Å². The third-order valence-corrected chi connectivity index (χ3v) is 6.45. The van der Waals surface area contributed by atoms with Crippen LogP contribution in [-0.2, 0) is 0 Å². The van der Waals surface area contributed by atoms with Gasteiger partial charge in [0.15, 0.2) is 0 Å². The smallest absolute Gasteiger partial charge is 0.267 e. The molecule has 0 saturated heterocycles. The van der Waals surface area contributed by atoms with E-state index in [1.807, 2.05) is 17.7 Å². The second kappa shape index (κ2) is 6.47. The molecule has 0 bridgehead atoms. The van der Waals surface area contributed by atoms with Crippen LogP contribution in [0, 0.1) is 6.92 Å². The summed E-state index contributed by atoms with van der Waals surface area (Å²) < 4.78 is 2.54. The zero-order valence-electron chi connectivity index (χ0n) is 14.0. The molecule has 0 unspecified atom stereocenters. The number of rotatable bonds is 3. The average Bonchev–Trinajstić information content (AvgIpc) is 3.27. The van der Waals surface area contributed by atoms with Crippen molar-refractivity contribution in [1.29, 1.82) is 0 Å². The van der Waals surface area contributed by atoms with Crippen molar-refractivity contribution < 1.29 is 0 Å². The van der Waals surface area contributed by atoms with Gasteiger partial charge < -0.3 is 5.32 Å². The Kier molecular flexibility index (Phi) is 4.33. The van der Waals surface area contributed by atoms with Crippen LogP contribution in [0.15, 0.2) is 15.5 Å². The van der Waals surface area contributed by atoms with Gasteiger partial charge in [-0.1, -0.05) is 25.7 Å². The van der Waals surface area contributed by atoms with Gasteiger partial charge in [0, 0.05) is 23.7 Å². The van der Waals surface area contributed by atoms with E-state index in [0.717, 1.165) is 29.4 Å². The predicted molar refractivity (Wildman–Crippen MR) is 99.6 cm³/mol. The van der Waals surface area contributed by atoms with Crippen LogP contribution in [0.2, 0.25) is 0 Å². The first-order valence-electron chi connectivity index (χ1n) is 8.99. The molecular formula is C18H23BrN4O. The zero-order valence-corrected chi connectivity index (χ0v) is 15.6. The zero-order chi connectivity index (χ0) is 16.7. The molecular weight excluding hydrogens is 368 g/mol. The van der Waals surface area contributed by atoms with Crippen molar-refractivity contribution in [3.05, 3.63) is 26.6 Å². The van der Waals surface area contributed by atoms with Gasteiger partial charge in [0.25, 0.3) is 5.56 Å². The van der Waals surface area contributed by atoms with Gasteiger partial charge in [-0.05, 0) is 54.1 Å². The fraction of sp³-hybridized carbons (Fsp3) is 0.611. The molecule has 0 amide bonds. The molecule has 6 heteroatoms. The highest BCUT2D eigenvalue weighted by Gasteiger charge is 2.24.